The maximum atomic E-state index is 9.26. The lowest BCUT2D eigenvalue weighted by molar-refractivity contribution is 0.414. The summed E-state index contributed by atoms with van der Waals surface area (Å²) in [5.74, 6) is 0.692. The van der Waals surface area contributed by atoms with E-state index >= 15 is 0 Å². The third-order valence-corrected chi connectivity index (χ3v) is 3.54. The highest BCUT2D eigenvalue weighted by atomic mass is 32.1. The van der Waals surface area contributed by atoms with Gasteiger partial charge in [-0.1, -0.05) is 18.2 Å². The highest BCUT2D eigenvalue weighted by Gasteiger charge is 2.12. The molecule has 0 fully saturated rings. The van der Waals surface area contributed by atoms with Crippen LogP contribution in [-0.2, 0) is 6.42 Å². The maximum absolute atomic E-state index is 9.26. The van der Waals surface area contributed by atoms with E-state index in [0.29, 0.717) is 0 Å². The summed E-state index contributed by atoms with van der Waals surface area (Å²) >= 11 is 1.69. The Labute approximate surface area is 105 Å². The van der Waals surface area contributed by atoms with E-state index in [0.717, 1.165) is 17.7 Å². The van der Waals surface area contributed by atoms with Gasteiger partial charge < -0.3 is 4.74 Å². The Balaban J connectivity index is 2.20. The zero-order valence-electron chi connectivity index (χ0n) is 9.59. The van der Waals surface area contributed by atoms with Crippen LogP contribution in [0.2, 0.25) is 0 Å². The van der Waals surface area contributed by atoms with Crippen molar-refractivity contribution in [2.75, 3.05) is 7.11 Å². The predicted octanol–water partition coefficient (Wildman–Crippen LogP) is 3.61. The van der Waals surface area contributed by atoms with E-state index < -0.39 is 0 Å². The Morgan fingerprint density at radius 2 is 2.24 bits per heavy atom. The Bertz CT molecular complexity index is 513. The summed E-state index contributed by atoms with van der Waals surface area (Å²) in [6.45, 7) is 0. The first-order valence-electron chi connectivity index (χ1n) is 5.39. The van der Waals surface area contributed by atoms with Crippen LogP contribution in [-0.4, -0.2) is 7.11 Å². The van der Waals surface area contributed by atoms with Gasteiger partial charge in [-0.3, -0.25) is 0 Å². The summed E-state index contributed by atoms with van der Waals surface area (Å²) < 4.78 is 5.18. The van der Waals surface area contributed by atoms with E-state index in [1.807, 2.05) is 35.7 Å². The largest absolute Gasteiger partial charge is 0.497 e. The molecular formula is C14H13NOS. The summed E-state index contributed by atoms with van der Waals surface area (Å²) in [5, 5.41) is 11.3. The van der Waals surface area contributed by atoms with Crippen LogP contribution in [0.3, 0.4) is 0 Å². The first-order chi connectivity index (χ1) is 8.33. The van der Waals surface area contributed by atoms with Gasteiger partial charge in [0.25, 0.3) is 0 Å². The molecule has 0 aliphatic carbocycles. The van der Waals surface area contributed by atoms with Gasteiger partial charge in [0.15, 0.2) is 0 Å². The lowest BCUT2D eigenvalue weighted by Crippen LogP contribution is -1.99. The number of hydrogen-bond donors (Lipinski definition) is 0. The van der Waals surface area contributed by atoms with Gasteiger partial charge in [0.1, 0.15) is 5.75 Å². The fourth-order valence-electron chi connectivity index (χ4n) is 1.73. The third kappa shape index (κ3) is 2.86. The minimum atomic E-state index is -0.108. The van der Waals surface area contributed by atoms with Crippen molar-refractivity contribution in [2.45, 2.75) is 12.3 Å². The van der Waals surface area contributed by atoms with Crippen molar-refractivity contribution in [3.8, 4) is 11.8 Å². The zero-order valence-corrected chi connectivity index (χ0v) is 10.4. The van der Waals surface area contributed by atoms with Crippen molar-refractivity contribution in [3.05, 3.63) is 52.2 Å². The van der Waals surface area contributed by atoms with Crippen LogP contribution >= 0.6 is 11.3 Å². The number of methoxy groups -OCH3 is 1. The van der Waals surface area contributed by atoms with Crippen LogP contribution in [0.4, 0.5) is 0 Å². The van der Waals surface area contributed by atoms with Crippen LogP contribution in [0.5, 0.6) is 5.75 Å². The molecule has 1 unspecified atom stereocenters. The van der Waals surface area contributed by atoms with Crippen molar-refractivity contribution < 1.29 is 4.74 Å². The number of benzene rings is 1. The molecule has 1 heterocycles. The highest BCUT2D eigenvalue weighted by molar-refractivity contribution is 7.09. The van der Waals surface area contributed by atoms with E-state index in [-0.39, 0.29) is 5.92 Å². The molecule has 3 heteroatoms. The predicted molar refractivity (Wildman–Crippen MR) is 69.4 cm³/mol. The molecule has 2 aromatic rings. The molecule has 2 nitrogen and oxygen atoms in total. The first-order valence-corrected chi connectivity index (χ1v) is 6.27. The average Bonchev–Trinajstić information content (AvgIpc) is 2.89. The van der Waals surface area contributed by atoms with Gasteiger partial charge in [-0.15, -0.1) is 11.3 Å². The van der Waals surface area contributed by atoms with E-state index in [4.69, 9.17) is 4.74 Å². The van der Waals surface area contributed by atoms with E-state index in [1.54, 1.807) is 18.4 Å². The number of nitriles is 1. The van der Waals surface area contributed by atoms with E-state index in [9.17, 15) is 5.26 Å². The van der Waals surface area contributed by atoms with Crippen LogP contribution < -0.4 is 4.74 Å². The molecule has 0 saturated heterocycles. The number of nitrogens with zero attached hydrogens (tertiary/aromatic N) is 1. The Hall–Kier alpha value is -1.79. The molecule has 1 aromatic heterocycles. The fourth-order valence-corrected chi connectivity index (χ4v) is 2.48. The molecule has 0 saturated carbocycles. The zero-order chi connectivity index (χ0) is 12.1. The Morgan fingerprint density at radius 1 is 1.35 bits per heavy atom. The number of thiophene rings is 1. The number of hydrogen-bond acceptors (Lipinski definition) is 3. The van der Waals surface area contributed by atoms with E-state index in [2.05, 4.69) is 12.1 Å². The fraction of sp³-hybridized carbons (Fsp3) is 0.214. The molecule has 1 aromatic carbocycles. The standard InChI is InChI=1S/C14H13NOS/c1-16-13-5-2-4-11(8-13)12(10-15)9-14-6-3-7-17-14/h2-8,12H,9H2,1H3. The summed E-state index contributed by atoms with van der Waals surface area (Å²) in [4.78, 5) is 1.24. The molecular weight excluding hydrogens is 230 g/mol. The van der Waals surface area contributed by atoms with Crippen LogP contribution in [0.1, 0.15) is 16.4 Å². The summed E-state index contributed by atoms with van der Waals surface area (Å²) in [7, 11) is 1.64. The monoisotopic (exact) mass is 243 g/mol. The van der Waals surface area contributed by atoms with Gasteiger partial charge in [0.05, 0.1) is 19.1 Å². The average molecular weight is 243 g/mol. The van der Waals surface area contributed by atoms with Crippen LogP contribution in [0.15, 0.2) is 41.8 Å². The second kappa shape index (κ2) is 5.51. The molecule has 0 amide bonds. The number of rotatable bonds is 4. The van der Waals surface area contributed by atoms with Crippen molar-refractivity contribution >= 4 is 11.3 Å². The molecule has 0 spiro atoms. The van der Waals surface area contributed by atoms with Gasteiger partial charge in [-0.2, -0.15) is 5.26 Å². The van der Waals surface area contributed by atoms with Gasteiger partial charge >= 0.3 is 0 Å². The molecule has 0 bridgehead atoms. The summed E-state index contributed by atoms with van der Waals surface area (Å²) in [5.41, 5.74) is 1.01. The molecule has 17 heavy (non-hydrogen) atoms. The third-order valence-electron chi connectivity index (χ3n) is 2.64. The molecule has 0 aliphatic heterocycles. The van der Waals surface area contributed by atoms with Gasteiger partial charge in [-0.25, -0.2) is 0 Å². The van der Waals surface area contributed by atoms with Gasteiger partial charge in [0.2, 0.25) is 0 Å². The second-order valence-electron chi connectivity index (χ2n) is 3.74. The minimum absolute atomic E-state index is 0.108. The normalized spacial score (nSPS) is 11.8. The highest BCUT2D eigenvalue weighted by Crippen LogP contribution is 2.25. The quantitative estimate of drug-likeness (QED) is 0.821. The van der Waals surface area contributed by atoms with Crippen LogP contribution in [0, 0.1) is 11.3 Å². The molecule has 1 atom stereocenters. The molecule has 0 aliphatic rings. The van der Waals surface area contributed by atoms with Crippen LogP contribution in [0.25, 0.3) is 0 Å². The Morgan fingerprint density at radius 3 is 2.88 bits per heavy atom. The molecule has 0 radical (unpaired) electrons. The Kier molecular flexibility index (Phi) is 3.79. The molecule has 86 valence electrons. The van der Waals surface area contributed by atoms with Gasteiger partial charge in [-0.05, 0) is 29.1 Å². The topological polar surface area (TPSA) is 33.0 Å². The first kappa shape index (κ1) is 11.7. The molecule has 0 N–H and O–H groups in total. The molecule has 2 rings (SSSR count). The summed E-state index contributed by atoms with van der Waals surface area (Å²) in [6.07, 6.45) is 0.765. The van der Waals surface area contributed by atoms with Crippen molar-refractivity contribution in [2.24, 2.45) is 0 Å². The lowest BCUT2D eigenvalue weighted by Gasteiger charge is -2.09. The smallest absolute Gasteiger partial charge is 0.119 e. The lowest BCUT2D eigenvalue weighted by atomic mass is 9.96. The van der Waals surface area contributed by atoms with Gasteiger partial charge in [0, 0.05) is 11.3 Å². The summed E-state index contributed by atoms with van der Waals surface area (Å²) in [6, 6.07) is 14.2. The SMILES string of the molecule is COc1cccc(C(C#N)Cc2cccs2)c1. The van der Waals surface area contributed by atoms with Crippen molar-refractivity contribution in [1.82, 2.24) is 0 Å². The van der Waals surface area contributed by atoms with Crippen molar-refractivity contribution in [1.29, 1.82) is 5.26 Å². The van der Waals surface area contributed by atoms with Crippen molar-refractivity contribution in [3.63, 3.8) is 0 Å². The number of ether oxygens (including phenoxy) is 1. The van der Waals surface area contributed by atoms with E-state index in [1.165, 1.54) is 4.88 Å². The second-order valence-corrected chi connectivity index (χ2v) is 4.77. The maximum Gasteiger partial charge on any atom is 0.119 e. The minimum Gasteiger partial charge on any atom is -0.497 e.